The largest absolute Gasteiger partial charge is 0.444 e. The Labute approximate surface area is 127 Å². The number of rotatable bonds is 4. The lowest BCUT2D eigenvalue weighted by atomic mass is 10.1. The Balaban J connectivity index is 2.36. The van der Waals surface area contributed by atoms with Crippen LogP contribution in [0.3, 0.4) is 0 Å². The molecule has 1 aromatic carbocycles. The smallest absolute Gasteiger partial charge is 0.407 e. The summed E-state index contributed by atoms with van der Waals surface area (Å²) in [6.45, 7) is 6.83. The molecule has 1 rings (SSSR count). The van der Waals surface area contributed by atoms with Gasteiger partial charge in [-0.05, 0) is 45.5 Å². The maximum atomic E-state index is 11.4. The molecule has 2 N–H and O–H groups in total. The van der Waals surface area contributed by atoms with Gasteiger partial charge in [-0.2, -0.15) is 0 Å². The minimum absolute atomic E-state index is 0.402. The molecule has 0 spiro atoms. The summed E-state index contributed by atoms with van der Waals surface area (Å²) in [6.07, 6.45) is 0.190. The molecular formula is C17H24N2O2. The summed E-state index contributed by atoms with van der Waals surface area (Å²) >= 11 is 0. The highest BCUT2D eigenvalue weighted by Crippen LogP contribution is 2.06. The van der Waals surface area contributed by atoms with E-state index in [0.717, 1.165) is 12.1 Å². The zero-order valence-electron chi connectivity index (χ0n) is 13.2. The van der Waals surface area contributed by atoms with Gasteiger partial charge in [0, 0.05) is 25.1 Å². The van der Waals surface area contributed by atoms with Gasteiger partial charge >= 0.3 is 6.09 Å². The second kappa shape index (κ2) is 8.33. The number of ether oxygens (including phenoxy) is 1. The molecule has 0 aliphatic rings. The van der Waals surface area contributed by atoms with Crippen molar-refractivity contribution in [3.63, 3.8) is 0 Å². The van der Waals surface area contributed by atoms with E-state index in [2.05, 4.69) is 34.6 Å². The molecule has 0 unspecified atom stereocenters. The number of hydrogen-bond donors (Lipinski definition) is 2. The van der Waals surface area contributed by atoms with Crippen LogP contribution in [0, 0.1) is 11.8 Å². The van der Waals surface area contributed by atoms with E-state index in [1.54, 1.807) is 0 Å². The molecule has 0 heterocycles. The summed E-state index contributed by atoms with van der Waals surface area (Å²) < 4.78 is 5.14. The first kappa shape index (κ1) is 17.1. The van der Waals surface area contributed by atoms with Crippen LogP contribution >= 0.6 is 0 Å². The fourth-order valence-electron chi connectivity index (χ4n) is 1.67. The van der Waals surface area contributed by atoms with E-state index in [9.17, 15) is 4.79 Å². The topological polar surface area (TPSA) is 50.4 Å². The predicted molar refractivity (Wildman–Crippen MR) is 84.9 cm³/mol. The quantitative estimate of drug-likeness (QED) is 0.661. The minimum Gasteiger partial charge on any atom is -0.444 e. The predicted octanol–water partition coefficient (Wildman–Crippen LogP) is 2.67. The van der Waals surface area contributed by atoms with Crippen molar-refractivity contribution in [1.29, 1.82) is 0 Å². The molecule has 4 nitrogen and oxygen atoms in total. The number of carbonyl (C=O) groups is 1. The maximum absolute atomic E-state index is 11.4. The fourth-order valence-corrected chi connectivity index (χ4v) is 1.67. The Bertz CT molecular complexity index is 522. The number of amides is 1. The summed E-state index contributed by atoms with van der Waals surface area (Å²) in [5.74, 6) is 6.14. The van der Waals surface area contributed by atoms with Crippen molar-refractivity contribution in [1.82, 2.24) is 10.6 Å². The Hall–Kier alpha value is -1.99. The van der Waals surface area contributed by atoms with E-state index in [1.807, 2.05) is 40.0 Å². The summed E-state index contributed by atoms with van der Waals surface area (Å²) in [4.78, 5) is 11.4. The lowest BCUT2D eigenvalue weighted by Gasteiger charge is -2.19. The zero-order valence-corrected chi connectivity index (χ0v) is 13.2. The van der Waals surface area contributed by atoms with Crippen LogP contribution in [0.25, 0.3) is 0 Å². The Kier molecular flexibility index (Phi) is 6.77. The average Bonchev–Trinajstić information content (AvgIpc) is 2.37. The Morgan fingerprint density at radius 1 is 1.33 bits per heavy atom. The van der Waals surface area contributed by atoms with Crippen molar-refractivity contribution in [2.75, 3.05) is 13.6 Å². The minimum atomic E-state index is -0.469. The summed E-state index contributed by atoms with van der Waals surface area (Å²) in [5, 5.41) is 5.79. The first-order valence-corrected chi connectivity index (χ1v) is 7.10. The molecule has 21 heavy (non-hydrogen) atoms. The standard InChI is InChI=1S/C17H24N2O2/c1-17(2,3)21-16(20)19-11-6-5-8-14-9-7-10-15(12-14)13-18-4/h7,9-10,12,18H,6,11,13H2,1-4H3,(H,19,20). The van der Waals surface area contributed by atoms with E-state index < -0.39 is 11.7 Å². The third-order valence-electron chi connectivity index (χ3n) is 2.46. The van der Waals surface area contributed by atoms with Crippen LogP contribution in [0.1, 0.15) is 38.3 Å². The molecule has 0 saturated heterocycles. The van der Waals surface area contributed by atoms with Gasteiger partial charge in [0.05, 0.1) is 0 Å². The van der Waals surface area contributed by atoms with Crippen LogP contribution in [0.4, 0.5) is 4.79 Å². The lowest BCUT2D eigenvalue weighted by Crippen LogP contribution is -2.32. The average molecular weight is 288 g/mol. The van der Waals surface area contributed by atoms with Gasteiger partial charge in [-0.15, -0.1) is 0 Å². The maximum Gasteiger partial charge on any atom is 0.407 e. The summed E-state index contributed by atoms with van der Waals surface area (Å²) in [5.41, 5.74) is 1.72. The van der Waals surface area contributed by atoms with Crippen LogP contribution in [-0.4, -0.2) is 25.3 Å². The molecule has 0 fully saturated rings. The van der Waals surface area contributed by atoms with Gasteiger partial charge < -0.3 is 15.4 Å². The van der Waals surface area contributed by atoms with Gasteiger partial charge in [0.2, 0.25) is 0 Å². The van der Waals surface area contributed by atoms with E-state index in [-0.39, 0.29) is 0 Å². The highest BCUT2D eigenvalue weighted by molar-refractivity contribution is 5.67. The first-order chi connectivity index (χ1) is 9.90. The molecule has 0 aliphatic carbocycles. The van der Waals surface area contributed by atoms with Crippen molar-refractivity contribution >= 4 is 6.09 Å². The molecule has 4 heteroatoms. The SMILES string of the molecule is CNCc1cccc(C#CCCNC(=O)OC(C)(C)C)c1. The van der Waals surface area contributed by atoms with Crippen LogP contribution in [0.5, 0.6) is 0 Å². The monoisotopic (exact) mass is 288 g/mol. The number of hydrogen-bond acceptors (Lipinski definition) is 3. The van der Waals surface area contributed by atoms with Crippen molar-refractivity contribution < 1.29 is 9.53 Å². The second-order valence-corrected chi connectivity index (χ2v) is 5.71. The van der Waals surface area contributed by atoms with E-state index in [1.165, 1.54) is 5.56 Å². The van der Waals surface area contributed by atoms with Gasteiger partial charge in [0.25, 0.3) is 0 Å². The Morgan fingerprint density at radius 3 is 2.76 bits per heavy atom. The summed E-state index contributed by atoms with van der Waals surface area (Å²) in [7, 11) is 1.92. The number of alkyl carbamates (subject to hydrolysis) is 1. The van der Waals surface area contributed by atoms with Gasteiger partial charge in [-0.25, -0.2) is 4.79 Å². The van der Waals surface area contributed by atoms with Crippen LogP contribution < -0.4 is 10.6 Å². The number of benzene rings is 1. The van der Waals surface area contributed by atoms with Crippen LogP contribution in [0.2, 0.25) is 0 Å². The van der Waals surface area contributed by atoms with Crippen molar-refractivity contribution in [2.45, 2.75) is 39.3 Å². The molecule has 0 aliphatic heterocycles. The number of carbonyl (C=O) groups excluding carboxylic acids is 1. The molecule has 0 bridgehead atoms. The third-order valence-corrected chi connectivity index (χ3v) is 2.46. The molecule has 1 aromatic rings. The second-order valence-electron chi connectivity index (χ2n) is 5.71. The van der Waals surface area contributed by atoms with Gasteiger partial charge in [0.15, 0.2) is 0 Å². The Morgan fingerprint density at radius 2 is 2.10 bits per heavy atom. The van der Waals surface area contributed by atoms with Crippen molar-refractivity contribution in [3.8, 4) is 11.8 Å². The molecule has 0 saturated carbocycles. The molecule has 114 valence electrons. The van der Waals surface area contributed by atoms with Gasteiger partial charge in [-0.3, -0.25) is 0 Å². The zero-order chi connectivity index (χ0) is 15.7. The molecule has 0 aromatic heterocycles. The molecule has 0 radical (unpaired) electrons. The lowest BCUT2D eigenvalue weighted by molar-refractivity contribution is 0.0529. The van der Waals surface area contributed by atoms with Crippen molar-refractivity contribution in [2.24, 2.45) is 0 Å². The van der Waals surface area contributed by atoms with Crippen LogP contribution in [-0.2, 0) is 11.3 Å². The van der Waals surface area contributed by atoms with E-state index in [4.69, 9.17) is 4.74 Å². The van der Waals surface area contributed by atoms with Crippen LogP contribution in [0.15, 0.2) is 24.3 Å². The van der Waals surface area contributed by atoms with E-state index in [0.29, 0.717) is 13.0 Å². The highest BCUT2D eigenvalue weighted by atomic mass is 16.6. The van der Waals surface area contributed by atoms with Gasteiger partial charge in [0.1, 0.15) is 5.60 Å². The molecular weight excluding hydrogens is 264 g/mol. The highest BCUT2D eigenvalue weighted by Gasteiger charge is 2.15. The van der Waals surface area contributed by atoms with Crippen molar-refractivity contribution in [3.05, 3.63) is 35.4 Å². The molecule has 0 atom stereocenters. The fraction of sp³-hybridized carbons (Fsp3) is 0.471. The molecule has 1 amide bonds. The normalized spacial score (nSPS) is 10.5. The summed E-state index contributed by atoms with van der Waals surface area (Å²) in [6, 6.07) is 8.10. The first-order valence-electron chi connectivity index (χ1n) is 7.10. The van der Waals surface area contributed by atoms with E-state index >= 15 is 0 Å². The number of nitrogens with one attached hydrogen (secondary N) is 2. The van der Waals surface area contributed by atoms with Gasteiger partial charge in [-0.1, -0.05) is 24.0 Å². The third kappa shape index (κ3) is 8.01.